The first-order valence-electron chi connectivity index (χ1n) is 7.94. The van der Waals surface area contributed by atoms with Gasteiger partial charge in [0, 0.05) is 6.54 Å². The van der Waals surface area contributed by atoms with Crippen LogP contribution in [0.3, 0.4) is 0 Å². The van der Waals surface area contributed by atoms with Crippen LogP contribution < -0.4 is 5.32 Å². The summed E-state index contributed by atoms with van der Waals surface area (Å²) in [7, 11) is 0. The fraction of sp³-hybridized carbons (Fsp3) is 0.333. The third kappa shape index (κ3) is 1.72. The topological polar surface area (TPSA) is 53.1 Å². The zero-order valence-electron chi connectivity index (χ0n) is 12.7. The summed E-state index contributed by atoms with van der Waals surface area (Å²) >= 11 is 0. The number of hydrogen-bond donors (Lipinski definition) is 1. The van der Waals surface area contributed by atoms with Crippen LogP contribution in [0.1, 0.15) is 36.5 Å². The van der Waals surface area contributed by atoms with E-state index >= 15 is 0 Å². The maximum absolute atomic E-state index is 9.67. The smallest absolute Gasteiger partial charge is 0.157 e. The lowest BCUT2D eigenvalue weighted by molar-refractivity contribution is 0.906. The summed E-state index contributed by atoms with van der Waals surface area (Å²) in [6.45, 7) is 3.10. The average molecular weight is 290 g/mol. The van der Waals surface area contributed by atoms with Crippen molar-refractivity contribution in [1.29, 1.82) is 5.26 Å². The van der Waals surface area contributed by atoms with Crippen LogP contribution in [0, 0.1) is 11.3 Å². The number of nitriles is 1. The predicted molar refractivity (Wildman–Crippen MR) is 88.2 cm³/mol. The minimum Gasteiger partial charge on any atom is -0.371 e. The SMILES string of the molecule is CCCNc1c2c(c(C#N)c3nc4ccccc4n13)CCC2. The normalized spacial score (nSPS) is 13.5. The molecule has 2 aromatic heterocycles. The van der Waals surface area contributed by atoms with Crippen LogP contribution in [-0.2, 0) is 12.8 Å². The van der Waals surface area contributed by atoms with E-state index in [1.165, 1.54) is 11.1 Å². The quantitative estimate of drug-likeness (QED) is 0.800. The van der Waals surface area contributed by atoms with Gasteiger partial charge in [0.1, 0.15) is 11.9 Å². The van der Waals surface area contributed by atoms with Gasteiger partial charge in [0.05, 0.1) is 16.6 Å². The molecule has 0 radical (unpaired) electrons. The molecule has 1 aliphatic carbocycles. The first-order valence-corrected chi connectivity index (χ1v) is 7.94. The van der Waals surface area contributed by atoms with Crippen molar-refractivity contribution < 1.29 is 0 Å². The molecular weight excluding hydrogens is 272 g/mol. The van der Waals surface area contributed by atoms with Crippen molar-refractivity contribution >= 4 is 22.5 Å². The van der Waals surface area contributed by atoms with Gasteiger partial charge in [-0.3, -0.25) is 4.40 Å². The van der Waals surface area contributed by atoms with Crippen LogP contribution in [0.25, 0.3) is 16.7 Å². The number of nitrogens with one attached hydrogen (secondary N) is 1. The largest absolute Gasteiger partial charge is 0.371 e. The third-order valence-corrected chi connectivity index (χ3v) is 4.47. The van der Waals surface area contributed by atoms with E-state index in [2.05, 4.69) is 28.8 Å². The van der Waals surface area contributed by atoms with Crippen LogP contribution >= 0.6 is 0 Å². The first-order chi connectivity index (χ1) is 10.8. The van der Waals surface area contributed by atoms with Crippen molar-refractivity contribution in [1.82, 2.24) is 9.38 Å². The summed E-state index contributed by atoms with van der Waals surface area (Å²) < 4.78 is 2.15. The molecule has 0 atom stereocenters. The van der Waals surface area contributed by atoms with Gasteiger partial charge in [-0.25, -0.2) is 4.98 Å². The monoisotopic (exact) mass is 290 g/mol. The molecule has 4 nitrogen and oxygen atoms in total. The molecular formula is C18H18N4. The summed E-state index contributed by atoms with van der Waals surface area (Å²) in [6.07, 6.45) is 4.22. The molecule has 1 aliphatic rings. The molecule has 4 heteroatoms. The molecule has 110 valence electrons. The lowest BCUT2D eigenvalue weighted by atomic mass is 10.1. The van der Waals surface area contributed by atoms with E-state index in [9.17, 15) is 5.26 Å². The van der Waals surface area contributed by atoms with Crippen LogP contribution in [0.5, 0.6) is 0 Å². The molecule has 1 aromatic carbocycles. The van der Waals surface area contributed by atoms with Gasteiger partial charge in [0.25, 0.3) is 0 Å². The fourth-order valence-electron chi connectivity index (χ4n) is 3.52. The highest BCUT2D eigenvalue weighted by atomic mass is 15.1. The number of rotatable bonds is 3. The summed E-state index contributed by atoms with van der Waals surface area (Å²) in [5.41, 5.74) is 6.07. The Labute approximate surface area is 129 Å². The minimum atomic E-state index is 0.755. The van der Waals surface area contributed by atoms with E-state index in [1.807, 2.05) is 18.2 Å². The Morgan fingerprint density at radius 3 is 2.91 bits per heavy atom. The molecule has 0 saturated heterocycles. The van der Waals surface area contributed by atoms with Gasteiger partial charge >= 0.3 is 0 Å². The molecule has 0 aliphatic heterocycles. The third-order valence-electron chi connectivity index (χ3n) is 4.47. The molecule has 0 saturated carbocycles. The lowest BCUT2D eigenvalue weighted by Gasteiger charge is -2.15. The molecule has 3 aromatic rings. The second-order valence-corrected chi connectivity index (χ2v) is 5.83. The lowest BCUT2D eigenvalue weighted by Crippen LogP contribution is -2.10. The number of anilines is 1. The maximum atomic E-state index is 9.67. The zero-order chi connectivity index (χ0) is 15.1. The number of hydrogen-bond acceptors (Lipinski definition) is 3. The fourth-order valence-corrected chi connectivity index (χ4v) is 3.52. The van der Waals surface area contributed by atoms with Gasteiger partial charge in [-0.05, 0) is 48.9 Å². The van der Waals surface area contributed by atoms with E-state index in [0.717, 1.165) is 60.3 Å². The number of aromatic nitrogens is 2. The molecule has 0 unspecified atom stereocenters. The maximum Gasteiger partial charge on any atom is 0.157 e. The van der Waals surface area contributed by atoms with Crippen LogP contribution in [0.2, 0.25) is 0 Å². The number of benzene rings is 1. The van der Waals surface area contributed by atoms with E-state index in [1.54, 1.807) is 0 Å². The standard InChI is InChI=1S/C18H18N4/c1-2-10-20-17-13-7-5-6-12(13)14(11-19)18-21-15-8-3-4-9-16(15)22(17)18/h3-4,8-9,20H,2,5-7,10H2,1H3. The number of para-hydroxylation sites is 2. The van der Waals surface area contributed by atoms with E-state index in [4.69, 9.17) is 4.98 Å². The number of imidazole rings is 1. The summed E-state index contributed by atoms with van der Waals surface area (Å²) in [5, 5.41) is 13.2. The van der Waals surface area contributed by atoms with Crippen molar-refractivity contribution in [2.45, 2.75) is 32.6 Å². The van der Waals surface area contributed by atoms with Gasteiger partial charge < -0.3 is 5.32 Å². The Kier molecular flexibility index (Phi) is 3.00. The highest BCUT2D eigenvalue weighted by molar-refractivity contribution is 5.86. The second-order valence-electron chi connectivity index (χ2n) is 5.83. The van der Waals surface area contributed by atoms with Gasteiger partial charge in [0.2, 0.25) is 0 Å². The van der Waals surface area contributed by atoms with Crippen molar-refractivity contribution in [2.75, 3.05) is 11.9 Å². The van der Waals surface area contributed by atoms with Crippen molar-refractivity contribution in [3.63, 3.8) is 0 Å². The highest BCUT2D eigenvalue weighted by Gasteiger charge is 2.25. The van der Waals surface area contributed by atoms with Gasteiger partial charge in [0.15, 0.2) is 5.65 Å². The van der Waals surface area contributed by atoms with Crippen LogP contribution in [-0.4, -0.2) is 15.9 Å². The highest BCUT2D eigenvalue weighted by Crippen LogP contribution is 2.36. The Morgan fingerprint density at radius 2 is 2.09 bits per heavy atom. The Balaban J connectivity index is 2.16. The molecule has 4 rings (SSSR count). The van der Waals surface area contributed by atoms with Gasteiger partial charge in [-0.1, -0.05) is 19.1 Å². The van der Waals surface area contributed by atoms with Gasteiger partial charge in [-0.2, -0.15) is 5.26 Å². The second kappa shape index (κ2) is 5.03. The van der Waals surface area contributed by atoms with Crippen LogP contribution in [0.15, 0.2) is 24.3 Å². The van der Waals surface area contributed by atoms with Crippen molar-refractivity contribution in [2.24, 2.45) is 0 Å². The van der Waals surface area contributed by atoms with E-state index in [0.29, 0.717) is 0 Å². The molecule has 22 heavy (non-hydrogen) atoms. The summed E-state index contributed by atoms with van der Waals surface area (Å²) in [5.74, 6) is 1.14. The van der Waals surface area contributed by atoms with E-state index < -0.39 is 0 Å². The van der Waals surface area contributed by atoms with Crippen LogP contribution in [0.4, 0.5) is 5.82 Å². The Bertz CT molecular complexity index is 914. The average Bonchev–Trinajstić information content (AvgIpc) is 3.16. The molecule has 0 amide bonds. The number of pyridine rings is 1. The summed E-state index contributed by atoms with van der Waals surface area (Å²) in [6, 6.07) is 10.5. The Hall–Kier alpha value is -2.54. The molecule has 0 spiro atoms. The zero-order valence-corrected chi connectivity index (χ0v) is 12.7. The molecule has 2 heterocycles. The predicted octanol–water partition coefficient (Wildman–Crippen LogP) is 3.67. The molecule has 0 bridgehead atoms. The summed E-state index contributed by atoms with van der Waals surface area (Å²) in [4.78, 5) is 4.73. The van der Waals surface area contributed by atoms with E-state index in [-0.39, 0.29) is 0 Å². The van der Waals surface area contributed by atoms with Crippen molar-refractivity contribution in [3.05, 3.63) is 41.0 Å². The number of fused-ring (bicyclic) bond motifs is 4. The first kappa shape index (κ1) is 13.1. The molecule has 1 N–H and O–H groups in total. The molecule has 0 fully saturated rings. The number of nitrogens with zero attached hydrogens (tertiary/aromatic N) is 3. The minimum absolute atomic E-state index is 0.755. The van der Waals surface area contributed by atoms with Gasteiger partial charge in [-0.15, -0.1) is 0 Å². The van der Waals surface area contributed by atoms with Crippen molar-refractivity contribution in [3.8, 4) is 6.07 Å². The Morgan fingerprint density at radius 1 is 1.27 bits per heavy atom.